The molecule has 5 heteroatoms. The number of carbonyl (C=O) groups is 1. The number of nitrogens with one attached hydrogen (secondary N) is 1. The average molecular weight is 306 g/mol. The maximum absolute atomic E-state index is 12.9. The predicted molar refractivity (Wildman–Crippen MR) is 83.7 cm³/mol. The second kappa shape index (κ2) is 7.03. The van der Waals surface area contributed by atoms with Gasteiger partial charge in [-0.15, -0.1) is 0 Å². The van der Waals surface area contributed by atoms with Crippen LogP contribution in [0.3, 0.4) is 0 Å². The first-order chi connectivity index (χ1) is 10.4. The van der Waals surface area contributed by atoms with Crippen LogP contribution in [0.15, 0.2) is 36.4 Å². The third-order valence-corrected chi connectivity index (χ3v) is 3.83. The van der Waals surface area contributed by atoms with Crippen LogP contribution in [0, 0.1) is 5.82 Å². The minimum Gasteiger partial charge on any atom is -0.379 e. The Kier molecular flexibility index (Phi) is 5.32. The zero-order valence-electron chi connectivity index (χ0n) is 12.9. The molecule has 0 saturated carbocycles. The maximum atomic E-state index is 12.9. The van der Waals surface area contributed by atoms with Gasteiger partial charge < -0.3 is 15.3 Å². The largest absolute Gasteiger partial charge is 0.379 e. The molecule has 1 atom stereocenters. The molecule has 1 aliphatic rings. The van der Waals surface area contributed by atoms with E-state index in [1.54, 1.807) is 17.0 Å². The number of benzene rings is 1. The van der Waals surface area contributed by atoms with Crippen molar-refractivity contribution in [3.05, 3.63) is 47.8 Å². The molecule has 1 amide bonds. The number of aliphatic hydroxyl groups is 1. The number of rotatable bonds is 6. The highest BCUT2D eigenvalue weighted by Crippen LogP contribution is 2.23. The molecular formula is C17H23FN2O2. The van der Waals surface area contributed by atoms with E-state index in [9.17, 15) is 14.3 Å². The number of nitrogens with zero attached hydrogens (tertiary/aromatic N) is 1. The molecule has 1 heterocycles. The van der Waals surface area contributed by atoms with E-state index >= 15 is 0 Å². The first-order valence-electron chi connectivity index (χ1n) is 7.52. The summed E-state index contributed by atoms with van der Waals surface area (Å²) in [6, 6.07) is 6.08. The summed E-state index contributed by atoms with van der Waals surface area (Å²) >= 11 is 0. The van der Waals surface area contributed by atoms with Gasteiger partial charge >= 0.3 is 0 Å². The maximum Gasteiger partial charge on any atom is 0.256 e. The number of amides is 1. The highest BCUT2D eigenvalue weighted by Gasteiger charge is 2.41. The Morgan fingerprint density at radius 3 is 2.77 bits per heavy atom. The van der Waals surface area contributed by atoms with Crippen molar-refractivity contribution in [2.75, 3.05) is 19.6 Å². The molecule has 1 fully saturated rings. The number of piperidine rings is 1. The van der Waals surface area contributed by atoms with Crippen LogP contribution in [0.4, 0.5) is 4.39 Å². The number of halogens is 1. The van der Waals surface area contributed by atoms with Crippen molar-refractivity contribution in [1.82, 2.24) is 10.2 Å². The molecule has 0 spiro atoms. The second-order valence-corrected chi connectivity index (χ2v) is 6.05. The van der Waals surface area contributed by atoms with Gasteiger partial charge in [-0.1, -0.05) is 24.3 Å². The van der Waals surface area contributed by atoms with E-state index in [2.05, 4.69) is 11.9 Å². The normalized spacial score (nSPS) is 22.0. The SMILES string of the molecule is C=C(C)CNC[C@]1(O)CCCN(Cc2ccc(F)cc2)C1=O. The quantitative estimate of drug-likeness (QED) is 0.789. The fourth-order valence-electron chi connectivity index (χ4n) is 2.67. The Balaban J connectivity index is 1.99. The molecule has 1 aliphatic heterocycles. The highest BCUT2D eigenvalue weighted by molar-refractivity contribution is 5.86. The number of likely N-dealkylation sites (tertiary alicyclic amines) is 1. The third kappa shape index (κ3) is 4.15. The monoisotopic (exact) mass is 306 g/mol. The molecule has 120 valence electrons. The fourth-order valence-corrected chi connectivity index (χ4v) is 2.67. The average Bonchev–Trinajstić information content (AvgIpc) is 2.46. The van der Waals surface area contributed by atoms with E-state index < -0.39 is 5.60 Å². The minimum absolute atomic E-state index is 0.221. The van der Waals surface area contributed by atoms with Crippen molar-refractivity contribution in [2.45, 2.75) is 31.9 Å². The van der Waals surface area contributed by atoms with Crippen molar-refractivity contribution >= 4 is 5.91 Å². The van der Waals surface area contributed by atoms with Crippen molar-refractivity contribution < 1.29 is 14.3 Å². The van der Waals surface area contributed by atoms with E-state index in [-0.39, 0.29) is 18.3 Å². The fraction of sp³-hybridized carbons (Fsp3) is 0.471. The van der Waals surface area contributed by atoms with Crippen LogP contribution >= 0.6 is 0 Å². The molecule has 0 radical (unpaired) electrons. The van der Waals surface area contributed by atoms with Gasteiger partial charge in [0.1, 0.15) is 5.82 Å². The van der Waals surface area contributed by atoms with E-state index in [1.165, 1.54) is 12.1 Å². The zero-order chi connectivity index (χ0) is 16.2. The summed E-state index contributed by atoms with van der Waals surface area (Å²) in [6.45, 7) is 7.48. The number of hydrogen-bond donors (Lipinski definition) is 2. The van der Waals surface area contributed by atoms with Crippen molar-refractivity contribution in [3.63, 3.8) is 0 Å². The lowest BCUT2D eigenvalue weighted by atomic mass is 9.91. The molecule has 4 nitrogen and oxygen atoms in total. The molecule has 0 unspecified atom stereocenters. The lowest BCUT2D eigenvalue weighted by molar-refractivity contribution is -0.157. The van der Waals surface area contributed by atoms with Crippen LogP contribution in [0.5, 0.6) is 0 Å². The number of hydrogen-bond acceptors (Lipinski definition) is 3. The lowest BCUT2D eigenvalue weighted by Gasteiger charge is -2.38. The van der Waals surface area contributed by atoms with Gasteiger partial charge in [0.05, 0.1) is 0 Å². The molecule has 1 aromatic rings. The molecule has 22 heavy (non-hydrogen) atoms. The first-order valence-corrected chi connectivity index (χ1v) is 7.52. The molecule has 1 aromatic carbocycles. The van der Waals surface area contributed by atoms with Crippen molar-refractivity contribution in [3.8, 4) is 0 Å². The van der Waals surface area contributed by atoms with Crippen LogP contribution in [0.1, 0.15) is 25.3 Å². The summed E-state index contributed by atoms with van der Waals surface area (Å²) in [6.07, 6.45) is 1.20. The van der Waals surface area contributed by atoms with Gasteiger partial charge in [-0.3, -0.25) is 4.79 Å². The van der Waals surface area contributed by atoms with Gasteiger partial charge in [0.25, 0.3) is 5.91 Å². The summed E-state index contributed by atoms with van der Waals surface area (Å²) in [7, 11) is 0. The minimum atomic E-state index is -1.37. The van der Waals surface area contributed by atoms with Gasteiger partial charge in [0, 0.05) is 26.2 Å². The summed E-state index contributed by atoms with van der Waals surface area (Å²) in [5.41, 5.74) is 0.442. The number of carbonyl (C=O) groups excluding carboxylic acids is 1. The molecular weight excluding hydrogens is 283 g/mol. The first kappa shape index (κ1) is 16.6. The summed E-state index contributed by atoms with van der Waals surface area (Å²) in [4.78, 5) is 14.2. The standard InChI is InChI=1S/C17H23FN2O2/c1-13(2)10-19-12-17(22)8-3-9-20(16(17)21)11-14-4-6-15(18)7-5-14/h4-7,19,22H,1,3,8-12H2,2H3/t17-/m1/s1. The second-order valence-electron chi connectivity index (χ2n) is 6.05. The Bertz CT molecular complexity index is 544. The van der Waals surface area contributed by atoms with E-state index in [0.717, 1.165) is 17.6 Å². The van der Waals surface area contributed by atoms with E-state index in [1.807, 2.05) is 6.92 Å². The Morgan fingerprint density at radius 2 is 2.14 bits per heavy atom. The molecule has 0 bridgehead atoms. The summed E-state index contributed by atoms with van der Waals surface area (Å²) in [5.74, 6) is -0.563. The van der Waals surface area contributed by atoms with Gasteiger partial charge in [-0.2, -0.15) is 0 Å². The van der Waals surface area contributed by atoms with Crippen LogP contribution in [0.25, 0.3) is 0 Å². The topological polar surface area (TPSA) is 52.6 Å². The Hall–Kier alpha value is -1.72. The smallest absolute Gasteiger partial charge is 0.256 e. The van der Waals surface area contributed by atoms with E-state index in [4.69, 9.17) is 0 Å². The van der Waals surface area contributed by atoms with Crippen LogP contribution in [-0.4, -0.2) is 41.1 Å². The van der Waals surface area contributed by atoms with Gasteiger partial charge in [0.2, 0.25) is 0 Å². The van der Waals surface area contributed by atoms with Crippen LogP contribution in [-0.2, 0) is 11.3 Å². The van der Waals surface area contributed by atoms with Crippen LogP contribution < -0.4 is 5.32 Å². The Labute approximate surface area is 130 Å². The summed E-state index contributed by atoms with van der Waals surface area (Å²) in [5, 5.41) is 13.7. The van der Waals surface area contributed by atoms with Crippen molar-refractivity contribution in [1.29, 1.82) is 0 Å². The highest BCUT2D eigenvalue weighted by atomic mass is 19.1. The Morgan fingerprint density at radius 1 is 1.45 bits per heavy atom. The molecule has 2 N–H and O–H groups in total. The van der Waals surface area contributed by atoms with Crippen molar-refractivity contribution in [2.24, 2.45) is 0 Å². The molecule has 1 saturated heterocycles. The summed E-state index contributed by atoms with van der Waals surface area (Å²) < 4.78 is 12.9. The lowest BCUT2D eigenvalue weighted by Crippen LogP contribution is -2.57. The molecule has 2 rings (SSSR count). The van der Waals surface area contributed by atoms with E-state index in [0.29, 0.717) is 26.1 Å². The van der Waals surface area contributed by atoms with Gasteiger partial charge in [-0.05, 0) is 37.5 Å². The predicted octanol–water partition coefficient (Wildman–Crippen LogP) is 1.84. The molecule has 0 aromatic heterocycles. The van der Waals surface area contributed by atoms with Gasteiger partial charge in [-0.25, -0.2) is 4.39 Å². The molecule has 0 aliphatic carbocycles. The third-order valence-electron chi connectivity index (χ3n) is 3.83. The van der Waals surface area contributed by atoms with Gasteiger partial charge in [0.15, 0.2) is 5.60 Å². The zero-order valence-corrected chi connectivity index (χ0v) is 12.9. The van der Waals surface area contributed by atoms with Crippen LogP contribution in [0.2, 0.25) is 0 Å².